The van der Waals surface area contributed by atoms with Crippen molar-refractivity contribution in [3.05, 3.63) is 40.8 Å². The van der Waals surface area contributed by atoms with Crippen molar-refractivity contribution in [3.8, 4) is 11.3 Å². The number of hydrogen-bond acceptors (Lipinski definition) is 8. The first-order valence-corrected chi connectivity index (χ1v) is 10.1. The SMILES string of the molecule is CCOC(=O)c1cc2c(-c3ccc(CN4CCOCC4)cc3)nc(N)nc2s1. The maximum atomic E-state index is 12.1. The van der Waals surface area contributed by atoms with Crippen LogP contribution in [0.5, 0.6) is 0 Å². The number of ether oxygens (including phenoxy) is 2. The second-order valence-corrected chi connectivity index (χ2v) is 7.60. The standard InChI is InChI=1S/C20H22N4O3S/c1-2-27-19(25)16-11-15-17(22-20(21)23-18(15)28-16)14-5-3-13(4-6-14)12-24-7-9-26-10-8-24/h3-6,11H,2,7-10,12H2,1H3,(H2,21,22,23). The predicted octanol–water partition coefficient (Wildman–Crippen LogP) is 2.95. The maximum Gasteiger partial charge on any atom is 0.348 e. The molecule has 0 aliphatic carbocycles. The highest BCUT2D eigenvalue weighted by Crippen LogP contribution is 2.33. The minimum absolute atomic E-state index is 0.192. The van der Waals surface area contributed by atoms with E-state index >= 15 is 0 Å². The fourth-order valence-electron chi connectivity index (χ4n) is 3.25. The van der Waals surface area contributed by atoms with E-state index in [1.807, 2.05) is 12.1 Å². The molecule has 3 heterocycles. The lowest BCUT2D eigenvalue weighted by atomic mass is 10.1. The normalized spacial score (nSPS) is 15.0. The Kier molecular flexibility index (Phi) is 5.52. The van der Waals surface area contributed by atoms with Crippen molar-refractivity contribution >= 4 is 33.5 Å². The number of anilines is 1. The number of nitrogens with two attached hydrogens (primary N) is 1. The van der Waals surface area contributed by atoms with E-state index in [9.17, 15) is 4.79 Å². The summed E-state index contributed by atoms with van der Waals surface area (Å²) in [7, 11) is 0. The summed E-state index contributed by atoms with van der Waals surface area (Å²) in [6.07, 6.45) is 0. The van der Waals surface area contributed by atoms with Gasteiger partial charge in [-0.3, -0.25) is 4.90 Å². The van der Waals surface area contributed by atoms with Crippen LogP contribution >= 0.6 is 11.3 Å². The Hall–Kier alpha value is -2.55. The van der Waals surface area contributed by atoms with E-state index in [2.05, 4.69) is 27.0 Å². The second kappa shape index (κ2) is 8.22. The number of aromatic nitrogens is 2. The molecule has 4 rings (SSSR count). The Morgan fingerprint density at radius 1 is 1.25 bits per heavy atom. The van der Waals surface area contributed by atoms with Crippen LogP contribution in [0.2, 0.25) is 0 Å². The lowest BCUT2D eigenvalue weighted by Crippen LogP contribution is -2.35. The number of esters is 1. The lowest BCUT2D eigenvalue weighted by molar-refractivity contribution is 0.0342. The van der Waals surface area contributed by atoms with Gasteiger partial charge >= 0.3 is 5.97 Å². The molecule has 146 valence electrons. The molecule has 0 radical (unpaired) electrons. The highest BCUT2D eigenvalue weighted by molar-refractivity contribution is 7.20. The van der Waals surface area contributed by atoms with Crippen LogP contribution in [0.3, 0.4) is 0 Å². The summed E-state index contributed by atoms with van der Waals surface area (Å²) in [5.74, 6) is -0.159. The number of rotatable bonds is 5. The Morgan fingerprint density at radius 2 is 2.00 bits per heavy atom. The van der Waals surface area contributed by atoms with E-state index in [1.54, 1.807) is 13.0 Å². The van der Waals surface area contributed by atoms with Gasteiger partial charge in [0.25, 0.3) is 0 Å². The van der Waals surface area contributed by atoms with Gasteiger partial charge in [-0.25, -0.2) is 14.8 Å². The van der Waals surface area contributed by atoms with Gasteiger partial charge < -0.3 is 15.2 Å². The predicted molar refractivity (Wildman–Crippen MR) is 109 cm³/mol. The van der Waals surface area contributed by atoms with Crippen molar-refractivity contribution < 1.29 is 14.3 Å². The number of fused-ring (bicyclic) bond motifs is 1. The van der Waals surface area contributed by atoms with E-state index < -0.39 is 0 Å². The molecule has 7 nitrogen and oxygen atoms in total. The Labute approximate surface area is 167 Å². The van der Waals surface area contributed by atoms with Crippen LogP contribution in [0.15, 0.2) is 30.3 Å². The minimum atomic E-state index is -0.351. The van der Waals surface area contributed by atoms with Gasteiger partial charge in [0.15, 0.2) is 0 Å². The molecule has 28 heavy (non-hydrogen) atoms. The number of nitrogen functional groups attached to an aromatic ring is 1. The molecule has 0 unspecified atom stereocenters. The molecular weight excluding hydrogens is 376 g/mol. The Balaban J connectivity index is 1.63. The summed E-state index contributed by atoms with van der Waals surface area (Å²) in [6.45, 7) is 6.50. The van der Waals surface area contributed by atoms with E-state index in [-0.39, 0.29) is 11.9 Å². The highest BCUT2D eigenvalue weighted by Gasteiger charge is 2.17. The van der Waals surface area contributed by atoms with E-state index in [0.717, 1.165) is 49.5 Å². The van der Waals surface area contributed by atoms with Gasteiger partial charge in [-0.15, -0.1) is 11.3 Å². The lowest BCUT2D eigenvalue weighted by Gasteiger charge is -2.26. The maximum absolute atomic E-state index is 12.1. The molecule has 0 saturated carbocycles. The molecule has 0 atom stereocenters. The summed E-state index contributed by atoms with van der Waals surface area (Å²) in [6, 6.07) is 10.1. The van der Waals surface area contributed by atoms with Gasteiger partial charge in [0, 0.05) is 30.6 Å². The first-order valence-electron chi connectivity index (χ1n) is 9.27. The topological polar surface area (TPSA) is 90.6 Å². The number of nitrogens with zero attached hydrogens (tertiary/aromatic N) is 3. The molecule has 0 amide bonds. The molecule has 1 fully saturated rings. The molecule has 1 aromatic carbocycles. The van der Waals surface area contributed by atoms with Crippen molar-refractivity contribution in [2.45, 2.75) is 13.5 Å². The quantitative estimate of drug-likeness (QED) is 0.661. The average Bonchev–Trinajstić information content (AvgIpc) is 3.13. The Bertz CT molecular complexity index is 981. The van der Waals surface area contributed by atoms with Gasteiger partial charge in [0.2, 0.25) is 5.95 Å². The third-order valence-corrected chi connectivity index (χ3v) is 5.63. The molecular formula is C20H22N4O3S. The molecule has 1 aliphatic rings. The number of thiophene rings is 1. The summed E-state index contributed by atoms with van der Waals surface area (Å²) < 4.78 is 10.5. The van der Waals surface area contributed by atoms with E-state index in [0.29, 0.717) is 16.3 Å². The molecule has 1 aliphatic heterocycles. The van der Waals surface area contributed by atoms with Crippen LogP contribution in [-0.4, -0.2) is 53.7 Å². The van der Waals surface area contributed by atoms with Crippen molar-refractivity contribution in [2.75, 3.05) is 38.6 Å². The smallest absolute Gasteiger partial charge is 0.348 e. The van der Waals surface area contributed by atoms with Crippen molar-refractivity contribution in [1.29, 1.82) is 0 Å². The molecule has 3 aromatic rings. The van der Waals surface area contributed by atoms with Crippen LogP contribution in [0.25, 0.3) is 21.5 Å². The van der Waals surface area contributed by atoms with Gasteiger partial charge in [-0.1, -0.05) is 24.3 Å². The van der Waals surface area contributed by atoms with Crippen LogP contribution < -0.4 is 5.73 Å². The number of hydrogen-bond donors (Lipinski definition) is 1. The fourth-order valence-corrected chi connectivity index (χ4v) is 4.18. The number of morpholine rings is 1. The zero-order valence-corrected chi connectivity index (χ0v) is 16.5. The van der Waals surface area contributed by atoms with Crippen LogP contribution in [0.1, 0.15) is 22.2 Å². The van der Waals surface area contributed by atoms with E-state index in [1.165, 1.54) is 16.9 Å². The van der Waals surface area contributed by atoms with Crippen molar-refractivity contribution in [1.82, 2.24) is 14.9 Å². The highest BCUT2D eigenvalue weighted by atomic mass is 32.1. The second-order valence-electron chi connectivity index (χ2n) is 6.57. The van der Waals surface area contributed by atoms with Gasteiger partial charge in [0.1, 0.15) is 9.71 Å². The largest absolute Gasteiger partial charge is 0.462 e. The third-order valence-electron chi connectivity index (χ3n) is 4.62. The molecule has 0 bridgehead atoms. The zero-order chi connectivity index (χ0) is 19.5. The van der Waals surface area contributed by atoms with Crippen LogP contribution in [-0.2, 0) is 16.0 Å². The van der Waals surface area contributed by atoms with Gasteiger partial charge in [0.05, 0.1) is 25.5 Å². The molecule has 2 N–H and O–H groups in total. The van der Waals surface area contributed by atoms with Gasteiger partial charge in [-0.2, -0.15) is 0 Å². The summed E-state index contributed by atoms with van der Waals surface area (Å²) in [5.41, 5.74) is 8.82. The van der Waals surface area contributed by atoms with Crippen LogP contribution in [0, 0.1) is 0 Å². The molecule has 1 saturated heterocycles. The number of benzene rings is 1. The molecule has 2 aromatic heterocycles. The molecule has 0 spiro atoms. The first kappa shape index (κ1) is 18.8. The monoisotopic (exact) mass is 398 g/mol. The average molecular weight is 398 g/mol. The third kappa shape index (κ3) is 3.99. The number of carbonyl (C=O) groups excluding carboxylic acids is 1. The van der Waals surface area contributed by atoms with Crippen molar-refractivity contribution in [2.24, 2.45) is 0 Å². The fraction of sp³-hybridized carbons (Fsp3) is 0.350. The van der Waals surface area contributed by atoms with E-state index in [4.69, 9.17) is 15.2 Å². The summed E-state index contributed by atoms with van der Waals surface area (Å²) in [4.78, 5) is 24.3. The molecule has 8 heteroatoms. The van der Waals surface area contributed by atoms with Crippen molar-refractivity contribution in [3.63, 3.8) is 0 Å². The zero-order valence-electron chi connectivity index (χ0n) is 15.7. The first-order chi connectivity index (χ1) is 13.6. The Morgan fingerprint density at radius 3 is 2.71 bits per heavy atom. The van der Waals surface area contributed by atoms with Gasteiger partial charge in [-0.05, 0) is 18.6 Å². The summed E-state index contributed by atoms with van der Waals surface area (Å²) in [5, 5.41) is 0.809. The minimum Gasteiger partial charge on any atom is -0.462 e. The van der Waals surface area contributed by atoms with Crippen LogP contribution in [0.4, 0.5) is 5.95 Å². The summed E-state index contributed by atoms with van der Waals surface area (Å²) >= 11 is 1.27. The number of carbonyl (C=O) groups is 1.